The van der Waals surface area contributed by atoms with Gasteiger partial charge in [0.1, 0.15) is 0 Å². The van der Waals surface area contributed by atoms with Gasteiger partial charge in [0.15, 0.2) is 0 Å². The van der Waals surface area contributed by atoms with Crippen LogP contribution in [0.15, 0.2) is 0 Å². The number of rotatable bonds is 6. The van der Waals surface area contributed by atoms with Gasteiger partial charge in [-0.3, -0.25) is 0 Å². The van der Waals surface area contributed by atoms with Gasteiger partial charge in [-0.1, -0.05) is 13.8 Å². The molecule has 0 aromatic heterocycles. The molecule has 0 aliphatic heterocycles. The molecule has 1 rings (SSSR count). The van der Waals surface area contributed by atoms with Crippen LogP contribution in [0, 0.1) is 5.41 Å². The number of hydrogen-bond donors (Lipinski definition) is 3. The van der Waals surface area contributed by atoms with Gasteiger partial charge in [-0.05, 0) is 31.1 Å². The van der Waals surface area contributed by atoms with Crippen molar-refractivity contribution in [2.24, 2.45) is 5.41 Å². The molecule has 0 heterocycles. The summed E-state index contributed by atoms with van der Waals surface area (Å²) in [6.07, 6.45) is 4.33. The molecule has 0 saturated heterocycles. The minimum Gasteiger partial charge on any atom is -0.394 e. The van der Waals surface area contributed by atoms with E-state index in [-0.39, 0.29) is 18.7 Å². The number of carbonyl (C=O) groups is 1. The van der Waals surface area contributed by atoms with Crippen LogP contribution in [0.2, 0.25) is 0 Å². The molecule has 15 heavy (non-hydrogen) atoms. The maximum atomic E-state index is 11.4. The third-order valence-corrected chi connectivity index (χ3v) is 3.38. The quantitative estimate of drug-likeness (QED) is 0.623. The normalized spacial score (nSPS) is 19.4. The first kappa shape index (κ1) is 12.3. The second-order valence-electron chi connectivity index (χ2n) is 4.47. The van der Waals surface area contributed by atoms with E-state index in [1.807, 2.05) is 6.92 Å². The summed E-state index contributed by atoms with van der Waals surface area (Å²) in [4.78, 5) is 11.4. The highest BCUT2D eigenvalue weighted by atomic mass is 16.3. The zero-order valence-electron chi connectivity index (χ0n) is 9.68. The number of aliphatic hydroxyl groups excluding tert-OH is 1. The zero-order valence-corrected chi connectivity index (χ0v) is 9.68. The van der Waals surface area contributed by atoms with Crippen LogP contribution in [-0.4, -0.2) is 30.3 Å². The van der Waals surface area contributed by atoms with Crippen LogP contribution in [0.5, 0.6) is 0 Å². The summed E-state index contributed by atoms with van der Waals surface area (Å²) in [5, 5.41) is 14.5. The maximum absolute atomic E-state index is 11.4. The predicted molar refractivity (Wildman–Crippen MR) is 59.7 cm³/mol. The Balaban J connectivity index is 2.18. The Labute approximate surface area is 91.4 Å². The standard InChI is InChI=1S/C11H22N2O2/c1-3-9(7-14)13-10(15)12-8-11(4-2)5-6-11/h9,14H,3-8H2,1-2H3,(H2,12,13,15). The minimum atomic E-state index is -0.157. The molecule has 0 aromatic rings. The van der Waals surface area contributed by atoms with Gasteiger partial charge < -0.3 is 15.7 Å². The Morgan fingerprint density at radius 3 is 2.53 bits per heavy atom. The molecule has 0 aromatic carbocycles. The van der Waals surface area contributed by atoms with Crippen LogP contribution in [0.4, 0.5) is 4.79 Å². The van der Waals surface area contributed by atoms with E-state index in [4.69, 9.17) is 5.11 Å². The van der Waals surface area contributed by atoms with Crippen molar-refractivity contribution in [3.05, 3.63) is 0 Å². The number of urea groups is 1. The lowest BCUT2D eigenvalue weighted by Crippen LogP contribution is -2.45. The van der Waals surface area contributed by atoms with E-state index in [1.54, 1.807) is 0 Å². The van der Waals surface area contributed by atoms with Gasteiger partial charge in [-0.15, -0.1) is 0 Å². The SMILES string of the molecule is CCC(CO)NC(=O)NCC1(CC)CC1. The molecular weight excluding hydrogens is 192 g/mol. The van der Waals surface area contributed by atoms with E-state index >= 15 is 0 Å². The molecule has 0 radical (unpaired) electrons. The van der Waals surface area contributed by atoms with Crippen LogP contribution in [0.25, 0.3) is 0 Å². The molecule has 1 unspecified atom stereocenters. The van der Waals surface area contributed by atoms with Crippen molar-refractivity contribution in [1.82, 2.24) is 10.6 Å². The average Bonchev–Trinajstić information content (AvgIpc) is 3.04. The van der Waals surface area contributed by atoms with Gasteiger partial charge in [-0.25, -0.2) is 4.79 Å². The monoisotopic (exact) mass is 214 g/mol. The Morgan fingerprint density at radius 1 is 1.47 bits per heavy atom. The minimum absolute atomic E-state index is 0.00282. The number of amides is 2. The Morgan fingerprint density at radius 2 is 2.13 bits per heavy atom. The molecular formula is C11H22N2O2. The molecule has 0 bridgehead atoms. The lowest BCUT2D eigenvalue weighted by Gasteiger charge is -2.17. The maximum Gasteiger partial charge on any atom is 0.315 e. The summed E-state index contributed by atoms with van der Waals surface area (Å²) < 4.78 is 0. The zero-order chi connectivity index (χ0) is 11.3. The summed E-state index contributed by atoms with van der Waals surface area (Å²) >= 11 is 0. The van der Waals surface area contributed by atoms with Gasteiger partial charge in [0.25, 0.3) is 0 Å². The molecule has 1 aliphatic rings. The second kappa shape index (κ2) is 5.35. The lowest BCUT2D eigenvalue weighted by molar-refractivity contribution is 0.212. The van der Waals surface area contributed by atoms with Crippen molar-refractivity contribution >= 4 is 6.03 Å². The van der Waals surface area contributed by atoms with Crippen molar-refractivity contribution < 1.29 is 9.90 Å². The van der Waals surface area contributed by atoms with E-state index in [9.17, 15) is 4.79 Å². The van der Waals surface area contributed by atoms with E-state index in [0.29, 0.717) is 5.41 Å². The summed E-state index contributed by atoms with van der Waals surface area (Å²) in [7, 11) is 0. The summed E-state index contributed by atoms with van der Waals surface area (Å²) in [5.41, 5.74) is 0.373. The third kappa shape index (κ3) is 3.70. The number of nitrogens with one attached hydrogen (secondary N) is 2. The smallest absolute Gasteiger partial charge is 0.315 e. The third-order valence-electron chi connectivity index (χ3n) is 3.38. The number of carbonyl (C=O) groups excluding carboxylic acids is 1. The van der Waals surface area contributed by atoms with Gasteiger partial charge >= 0.3 is 6.03 Å². The van der Waals surface area contributed by atoms with Crippen molar-refractivity contribution in [3.8, 4) is 0 Å². The molecule has 88 valence electrons. The molecule has 0 spiro atoms. The molecule has 1 saturated carbocycles. The first-order valence-electron chi connectivity index (χ1n) is 5.81. The predicted octanol–water partition coefficient (Wildman–Crippen LogP) is 1.25. The highest BCUT2D eigenvalue weighted by Gasteiger charge is 2.40. The first-order chi connectivity index (χ1) is 7.15. The molecule has 1 atom stereocenters. The molecule has 4 heteroatoms. The topological polar surface area (TPSA) is 61.4 Å². The van der Waals surface area contributed by atoms with Crippen LogP contribution < -0.4 is 10.6 Å². The molecule has 3 N–H and O–H groups in total. The number of hydrogen-bond acceptors (Lipinski definition) is 2. The lowest BCUT2D eigenvalue weighted by atomic mass is 10.0. The van der Waals surface area contributed by atoms with Crippen LogP contribution in [0.1, 0.15) is 39.5 Å². The Hall–Kier alpha value is -0.770. The summed E-state index contributed by atoms with van der Waals surface area (Å²) in [6, 6.07) is -0.280. The summed E-state index contributed by atoms with van der Waals surface area (Å²) in [6.45, 7) is 4.87. The van der Waals surface area contributed by atoms with Gasteiger partial charge in [0, 0.05) is 6.54 Å². The van der Waals surface area contributed by atoms with Crippen molar-refractivity contribution in [3.63, 3.8) is 0 Å². The van der Waals surface area contributed by atoms with Crippen LogP contribution >= 0.6 is 0 Å². The molecule has 1 fully saturated rings. The van der Waals surface area contributed by atoms with Crippen molar-refractivity contribution in [2.45, 2.75) is 45.6 Å². The molecule has 4 nitrogen and oxygen atoms in total. The van der Waals surface area contributed by atoms with E-state index < -0.39 is 0 Å². The first-order valence-corrected chi connectivity index (χ1v) is 5.81. The van der Waals surface area contributed by atoms with Crippen molar-refractivity contribution in [2.75, 3.05) is 13.2 Å². The molecule has 1 aliphatic carbocycles. The fraction of sp³-hybridized carbons (Fsp3) is 0.909. The van der Waals surface area contributed by atoms with Crippen molar-refractivity contribution in [1.29, 1.82) is 0 Å². The summed E-state index contributed by atoms with van der Waals surface area (Å²) in [5.74, 6) is 0. The number of aliphatic hydroxyl groups is 1. The van der Waals surface area contributed by atoms with E-state index in [1.165, 1.54) is 12.8 Å². The molecule has 2 amide bonds. The largest absolute Gasteiger partial charge is 0.394 e. The van der Waals surface area contributed by atoms with Crippen LogP contribution in [-0.2, 0) is 0 Å². The van der Waals surface area contributed by atoms with Gasteiger partial charge in [-0.2, -0.15) is 0 Å². The second-order valence-corrected chi connectivity index (χ2v) is 4.47. The van der Waals surface area contributed by atoms with E-state index in [2.05, 4.69) is 17.6 Å². The highest BCUT2D eigenvalue weighted by molar-refractivity contribution is 5.74. The Kier molecular flexibility index (Phi) is 4.39. The van der Waals surface area contributed by atoms with Crippen LogP contribution in [0.3, 0.4) is 0 Å². The Bertz CT molecular complexity index is 211. The fourth-order valence-electron chi connectivity index (χ4n) is 1.61. The van der Waals surface area contributed by atoms with E-state index in [0.717, 1.165) is 19.4 Å². The van der Waals surface area contributed by atoms with Gasteiger partial charge in [0.2, 0.25) is 0 Å². The fourth-order valence-corrected chi connectivity index (χ4v) is 1.61. The van der Waals surface area contributed by atoms with Gasteiger partial charge in [0.05, 0.1) is 12.6 Å². The average molecular weight is 214 g/mol. The highest BCUT2D eigenvalue weighted by Crippen LogP contribution is 2.47.